The minimum atomic E-state index is -4.57. The molecule has 0 unspecified atom stereocenters. The Bertz CT molecular complexity index is 1090. The first kappa shape index (κ1) is 23.1. The summed E-state index contributed by atoms with van der Waals surface area (Å²) in [4.78, 5) is 29.6. The molecule has 0 spiro atoms. The molecule has 2 amide bonds. The largest absolute Gasteiger partial charge is 0.447 e. The molecule has 0 atom stereocenters. The summed E-state index contributed by atoms with van der Waals surface area (Å²) in [6.45, 7) is 0.345. The molecule has 0 radical (unpaired) electrons. The van der Waals surface area contributed by atoms with E-state index in [0.29, 0.717) is 17.9 Å². The lowest BCUT2D eigenvalue weighted by Crippen LogP contribution is -2.33. The van der Waals surface area contributed by atoms with Crippen LogP contribution in [0.25, 0.3) is 0 Å². The molecule has 10 heteroatoms. The zero-order valence-electron chi connectivity index (χ0n) is 16.7. The zero-order chi connectivity index (χ0) is 23.1. The number of nitrogens with one attached hydrogen (secondary N) is 1. The number of carbonyl (C=O) groups excluding carboxylic acids is 2. The number of pyridine rings is 1. The van der Waals surface area contributed by atoms with Crippen LogP contribution in [0, 0.1) is 0 Å². The normalized spacial score (nSPS) is 11.1. The van der Waals surface area contributed by atoms with Gasteiger partial charge in [0.05, 0.1) is 12.1 Å². The van der Waals surface area contributed by atoms with E-state index in [1.54, 1.807) is 29.2 Å². The van der Waals surface area contributed by atoms with Gasteiger partial charge < -0.3 is 16.0 Å². The van der Waals surface area contributed by atoms with E-state index < -0.39 is 34.1 Å². The Morgan fingerprint density at radius 1 is 1.03 bits per heavy atom. The summed E-state index contributed by atoms with van der Waals surface area (Å²) in [5, 5.41) is 2.16. The molecule has 0 aliphatic carbocycles. The van der Waals surface area contributed by atoms with Crippen molar-refractivity contribution in [1.29, 1.82) is 0 Å². The van der Waals surface area contributed by atoms with Crippen LogP contribution in [0.2, 0.25) is 0 Å². The molecular formula is C22H19F3N4O2S. The number of hydrogen-bond acceptors (Lipinski definition) is 5. The molecule has 3 N–H and O–H groups in total. The Kier molecular flexibility index (Phi) is 7.37. The van der Waals surface area contributed by atoms with Crippen LogP contribution in [-0.2, 0) is 11.3 Å². The van der Waals surface area contributed by atoms with E-state index in [0.717, 1.165) is 5.56 Å². The molecule has 1 aromatic heterocycles. The third-order valence-electron chi connectivity index (χ3n) is 4.26. The number of hydrogen-bond donors (Lipinski definition) is 2. The summed E-state index contributed by atoms with van der Waals surface area (Å²) in [5.74, 6) is -1.26. The molecular weight excluding hydrogens is 441 g/mol. The predicted molar refractivity (Wildman–Crippen MR) is 117 cm³/mol. The number of amides is 2. The second-order valence-corrected chi connectivity index (χ2v) is 7.77. The van der Waals surface area contributed by atoms with Crippen molar-refractivity contribution in [3.8, 4) is 0 Å². The van der Waals surface area contributed by atoms with Gasteiger partial charge >= 0.3 is 5.51 Å². The van der Waals surface area contributed by atoms with Crippen molar-refractivity contribution in [2.45, 2.75) is 17.1 Å². The second kappa shape index (κ2) is 10.2. The van der Waals surface area contributed by atoms with E-state index in [-0.39, 0.29) is 12.1 Å². The van der Waals surface area contributed by atoms with Gasteiger partial charge in [0, 0.05) is 35.9 Å². The Labute approximate surface area is 186 Å². The van der Waals surface area contributed by atoms with Gasteiger partial charge in [0.1, 0.15) is 5.03 Å². The topological polar surface area (TPSA) is 88.3 Å². The van der Waals surface area contributed by atoms with Gasteiger partial charge in [-0.05, 0) is 35.9 Å². The number of alkyl halides is 3. The molecule has 1 heterocycles. The summed E-state index contributed by atoms with van der Waals surface area (Å²) in [6.07, 6.45) is 1.19. The van der Waals surface area contributed by atoms with Gasteiger partial charge in [0.2, 0.25) is 5.91 Å². The van der Waals surface area contributed by atoms with Crippen molar-refractivity contribution in [2.75, 3.05) is 16.8 Å². The maximum Gasteiger partial charge on any atom is 0.447 e. The first-order valence-electron chi connectivity index (χ1n) is 9.40. The fourth-order valence-corrected chi connectivity index (χ4v) is 3.57. The molecule has 166 valence electrons. The van der Waals surface area contributed by atoms with Crippen LogP contribution in [0.1, 0.15) is 15.9 Å². The highest BCUT2D eigenvalue weighted by Crippen LogP contribution is 2.37. The van der Waals surface area contributed by atoms with Gasteiger partial charge in [0.15, 0.2) is 0 Å². The predicted octanol–water partition coefficient (Wildman–Crippen LogP) is 4.44. The molecule has 32 heavy (non-hydrogen) atoms. The third-order valence-corrected chi connectivity index (χ3v) is 5.01. The lowest BCUT2D eigenvalue weighted by Gasteiger charge is -2.24. The lowest BCUT2D eigenvalue weighted by molar-refractivity contribution is -0.116. The lowest BCUT2D eigenvalue weighted by atomic mass is 10.2. The zero-order valence-corrected chi connectivity index (χ0v) is 17.5. The number of nitrogens with zero attached hydrogens (tertiary/aromatic N) is 2. The van der Waals surface area contributed by atoms with Crippen LogP contribution >= 0.6 is 11.8 Å². The highest BCUT2D eigenvalue weighted by molar-refractivity contribution is 8.00. The maximum absolute atomic E-state index is 12.8. The SMILES string of the molecule is NC(=O)CN(Cc1ccccc1)c1cccc(NC(=O)c2cccnc2SC(F)(F)F)c1. The number of halogens is 3. The molecule has 2 aromatic carbocycles. The highest BCUT2D eigenvalue weighted by Gasteiger charge is 2.32. The van der Waals surface area contributed by atoms with Gasteiger partial charge in [-0.25, -0.2) is 4.98 Å². The van der Waals surface area contributed by atoms with E-state index in [1.807, 2.05) is 30.3 Å². The van der Waals surface area contributed by atoms with Crippen molar-refractivity contribution in [3.63, 3.8) is 0 Å². The van der Waals surface area contributed by atoms with E-state index in [1.165, 1.54) is 18.3 Å². The van der Waals surface area contributed by atoms with Gasteiger partial charge in [-0.15, -0.1) is 0 Å². The van der Waals surface area contributed by atoms with Crippen LogP contribution in [0.4, 0.5) is 24.5 Å². The number of benzene rings is 2. The standard InChI is InChI=1S/C22H19F3N4O2S/c23-22(24,25)32-21-18(10-5-11-27-21)20(31)28-16-8-4-9-17(12-16)29(14-19(26)30)13-15-6-2-1-3-7-15/h1-12H,13-14H2,(H2,26,30)(H,28,31). The smallest absolute Gasteiger partial charge is 0.368 e. The molecule has 0 fully saturated rings. The van der Waals surface area contributed by atoms with E-state index >= 15 is 0 Å². The van der Waals surface area contributed by atoms with Crippen LogP contribution in [0.3, 0.4) is 0 Å². The Hall–Kier alpha value is -3.53. The molecule has 0 bridgehead atoms. The van der Waals surface area contributed by atoms with E-state index in [9.17, 15) is 22.8 Å². The minimum absolute atomic E-state index is 0.0543. The number of aromatic nitrogens is 1. The van der Waals surface area contributed by atoms with Crippen molar-refractivity contribution < 1.29 is 22.8 Å². The number of anilines is 2. The number of carbonyl (C=O) groups is 2. The Morgan fingerprint density at radius 2 is 1.78 bits per heavy atom. The van der Waals surface area contributed by atoms with Crippen LogP contribution in [0.15, 0.2) is 78.0 Å². The number of thioether (sulfide) groups is 1. The van der Waals surface area contributed by atoms with E-state index in [4.69, 9.17) is 5.73 Å². The maximum atomic E-state index is 12.8. The average Bonchev–Trinajstić information content (AvgIpc) is 2.73. The first-order chi connectivity index (χ1) is 15.2. The third kappa shape index (κ3) is 6.74. The quantitative estimate of drug-likeness (QED) is 0.486. The molecule has 0 aliphatic heterocycles. The molecule has 0 saturated heterocycles. The summed E-state index contributed by atoms with van der Waals surface area (Å²) >= 11 is -0.449. The van der Waals surface area contributed by atoms with Gasteiger partial charge in [-0.1, -0.05) is 36.4 Å². The average molecular weight is 460 g/mol. The Morgan fingerprint density at radius 3 is 2.47 bits per heavy atom. The molecule has 3 aromatic rings. The number of rotatable bonds is 8. The molecule has 3 rings (SSSR count). The Balaban J connectivity index is 1.82. The number of nitrogens with two attached hydrogens (primary N) is 1. The van der Waals surface area contributed by atoms with Crippen molar-refractivity contribution in [2.24, 2.45) is 5.73 Å². The van der Waals surface area contributed by atoms with Crippen molar-refractivity contribution >= 4 is 35.0 Å². The van der Waals surface area contributed by atoms with Crippen LogP contribution < -0.4 is 16.0 Å². The summed E-state index contributed by atoms with van der Waals surface area (Å²) < 4.78 is 38.4. The summed E-state index contributed by atoms with van der Waals surface area (Å²) in [6, 6.07) is 18.7. The van der Waals surface area contributed by atoms with E-state index in [2.05, 4.69) is 10.3 Å². The summed E-state index contributed by atoms with van der Waals surface area (Å²) in [5.41, 5.74) is 2.54. The summed E-state index contributed by atoms with van der Waals surface area (Å²) in [7, 11) is 0. The monoisotopic (exact) mass is 460 g/mol. The van der Waals surface area contributed by atoms with Gasteiger partial charge in [-0.2, -0.15) is 13.2 Å². The first-order valence-corrected chi connectivity index (χ1v) is 10.2. The molecule has 0 aliphatic rings. The number of primary amides is 1. The second-order valence-electron chi connectivity index (χ2n) is 6.72. The van der Waals surface area contributed by atoms with Crippen molar-refractivity contribution in [1.82, 2.24) is 4.98 Å². The van der Waals surface area contributed by atoms with Gasteiger partial charge in [-0.3, -0.25) is 9.59 Å². The van der Waals surface area contributed by atoms with Crippen LogP contribution in [-0.4, -0.2) is 28.9 Å². The highest BCUT2D eigenvalue weighted by atomic mass is 32.2. The van der Waals surface area contributed by atoms with Gasteiger partial charge in [0.25, 0.3) is 5.91 Å². The fraction of sp³-hybridized carbons (Fsp3) is 0.136. The fourth-order valence-electron chi connectivity index (χ4n) is 2.96. The molecule has 6 nitrogen and oxygen atoms in total. The van der Waals surface area contributed by atoms with Crippen molar-refractivity contribution in [3.05, 3.63) is 84.1 Å². The molecule has 0 saturated carbocycles. The van der Waals surface area contributed by atoms with Crippen LogP contribution in [0.5, 0.6) is 0 Å². The minimum Gasteiger partial charge on any atom is -0.368 e.